The van der Waals surface area contributed by atoms with Crippen molar-refractivity contribution in [3.8, 4) is 0 Å². The molecule has 4 aromatic carbocycles. The van der Waals surface area contributed by atoms with Crippen molar-refractivity contribution < 1.29 is 18.0 Å². The van der Waals surface area contributed by atoms with E-state index in [4.69, 9.17) is 34.8 Å². The van der Waals surface area contributed by atoms with Crippen molar-refractivity contribution in [1.82, 2.24) is 10.2 Å². The van der Waals surface area contributed by atoms with Gasteiger partial charge >= 0.3 is 0 Å². The summed E-state index contributed by atoms with van der Waals surface area (Å²) in [5.74, 6) is -0.879. The molecule has 0 aromatic heterocycles. The van der Waals surface area contributed by atoms with Crippen molar-refractivity contribution in [2.45, 2.75) is 55.6 Å². The van der Waals surface area contributed by atoms with Crippen LogP contribution in [0.1, 0.15) is 36.8 Å². The molecule has 1 atom stereocenters. The molecule has 1 N–H and O–H groups in total. The van der Waals surface area contributed by atoms with Crippen molar-refractivity contribution in [2.24, 2.45) is 0 Å². The molecule has 11 heteroatoms. The minimum absolute atomic E-state index is 0.00736. The van der Waals surface area contributed by atoms with Crippen LogP contribution in [-0.4, -0.2) is 43.8 Å². The smallest absolute Gasteiger partial charge is 0.264 e. The number of carbonyl (C=O) groups excluding carboxylic acids is 2. The molecule has 0 aliphatic heterocycles. The Morgan fingerprint density at radius 2 is 1.41 bits per heavy atom. The van der Waals surface area contributed by atoms with Gasteiger partial charge in [0.05, 0.1) is 10.6 Å². The van der Waals surface area contributed by atoms with Crippen LogP contribution < -0.4 is 9.62 Å². The minimum Gasteiger partial charge on any atom is -0.352 e. The van der Waals surface area contributed by atoms with E-state index in [1.54, 1.807) is 48.5 Å². The first-order chi connectivity index (χ1) is 22.1. The van der Waals surface area contributed by atoms with Crippen LogP contribution in [0.15, 0.2) is 108 Å². The number of benzene rings is 4. The Balaban J connectivity index is 1.57. The summed E-state index contributed by atoms with van der Waals surface area (Å²) in [6.07, 6.45) is 3.98. The number of halogens is 3. The first-order valence-corrected chi connectivity index (χ1v) is 17.6. The average molecular weight is 699 g/mol. The molecule has 46 heavy (non-hydrogen) atoms. The Morgan fingerprint density at radius 3 is 2.04 bits per heavy atom. The van der Waals surface area contributed by atoms with E-state index in [2.05, 4.69) is 5.32 Å². The lowest BCUT2D eigenvalue weighted by Gasteiger charge is -2.34. The maximum atomic E-state index is 14.6. The van der Waals surface area contributed by atoms with Crippen LogP contribution >= 0.6 is 34.8 Å². The molecule has 0 unspecified atom stereocenters. The second kappa shape index (κ2) is 15.4. The summed E-state index contributed by atoms with van der Waals surface area (Å²) in [6, 6.07) is 27.6. The number of carbonyl (C=O) groups is 2. The van der Waals surface area contributed by atoms with Gasteiger partial charge in [0.1, 0.15) is 12.6 Å². The van der Waals surface area contributed by atoms with E-state index in [0.29, 0.717) is 26.3 Å². The number of nitrogens with one attached hydrogen (secondary N) is 1. The van der Waals surface area contributed by atoms with Crippen molar-refractivity contribution >= 4 is 62.3 Å². The number of para-hydroxylation sites is 1. The molecule has 4 aromatic rings. The lowest BCUT2D eigenvalue weighted by molar-refractivity contribution is -0.140. The first-order valence-electron chi connectivity index (χ1n) is 15.0. The van der Waals surface area contributed by atoms with Gasteiger partial charge < -0.3 is 10.2 Å². The number of hydrogen-bond donors (Lipinski definition) is 1. The Labute approximate surface area is 285 Å². The van der Waals surface area contributed by atoms with Gasteiger partial charge in [-0.15, -0.1) is 0 Å². The zero-order valence-electron chi connectivity index (χ0n) is 25.0. The second-order valence-corrected chi connectivity index (χ2v) is 14.4. The van der Waals surface area contributed by atoms with E-state index in [-0.39, 0.29) is 29.8 Å². The van der Waals surface area contributed by atoms with Gasteiger partial charge in [-0.1, -0.05) is 102 Å². The number of hydrogen-bond acceptors (Lipinski definition) is 4. The molecule has 1 aliphatic rings. The molecule has 0 saturated heterocycles. The third kappa shape index (κ3) is 8.42. The van der Waals surface area contributed by atoms with Crippen molar-refractivity contribution in [3.63, 3.8) is 0 Å². The molecule has 0 radical (unpaired) electrons. The summed E-state index contributed by atoms with van der Waals surface area (Å²) < 4.78 is 29.2. The Kier molecular flexibility index (Phi) is 11.3. The molecular formula is C35H34Cl3N3O4S. The summed E-state index contributed by atoms with van der Waals surface area (Å²) in [5, 5.41) is 4.29. The molecule has 0 spiro atoms. The normalized spacial score (nSPS) is 14.1. The summed E-state index contributed by atoms with van der Waals surface area (Å²) >= 11 is 18.8. The average Bonchev–Trinajstić information content (AvgIpc) is 3.56. The summed E-state index contributed by atoms with van der Waals surface area (Å²) in [7, 11) is -4.23. The fourth-order valence-corrected chi connectivity index (χ4v) is 7.62. The zero-order valence-corrected chi connectivity index (χ0v) is 28.1. The maximum absolute atomic E-state index is 14.6. The Bertz CT molecular complexity index is 1750. The lowest BCUT2D eigenvalue weighted by atomic mass is 10.0. The van der Waals surface area contributed by atoms with E-state index in [1.165, 1.54) is 29.2 Å². The summed E-state index contributed by atoms with van der Waals surface area (Å²) in [6.45, 7) is -0.615. The van der Waals surface area contributed by atoms with Gasteiger partial charge in [0, 0.05) is 34.1 Å². The number of amides is 2. The maximum Gasteiger partial charge on any atom is 0.264 e. The van der Waals surface area contributed by atoms with Crippen LogP contribution in [0.4, 0.5) is 5.69 Å². The third-order valence-corrected chi connectivity index (χ3v) is 10.7. The van der Waals surface area contributed by atoms with Gasteiger partial charge in [-0.3, -0.25) is 13.9 Å². The van der Waals surface area contributed by atoms with Crippen molar-refractivity contribution in [3.05, 3.63) is 129 Å². The van der Waals surface area contributed by atoms with Crippen LogP contribution in [0, 0.1) is 0 Å². The zero-order chi connectivity index (χ0) is 32.7. The molecule has 2 amide bonds. The van der Waals surface area contributed by atoms with E-state index in [9.17, 15) is 18.0 Å². The highest BCUT2D eigenvalue weighted by Gasteiger charge is 2.35. The Hall–Kier alpha value is -3.56. The molecule has 1 saturated carbocycles. The van der Waals surface area contributed by atoms with E-state index >= 15 is 0 Å². The fraction of sp³-hybridized carbons (Fsp3) is 0.257. The minimum atomic E-state index is -4.23. The SMILES string of the molecule is O=C(NC1CCCC1)[C@H](Cc1ccccc1)N(Cc1ccc(Cl)cc1Cl)C(=O)CN(c1ccccc1)S(=O)(=O)c1ccc(Cl)cc1. The topological polar surface area (TPSA) is 86.8 Å². The predicted octanol–water partition coefficient (Wildman–Crippen LogP) is 7.54. The number of anilines is 1. The van der Waals surface area contributed by atoms with Crippen molar-refractivity contribution in [2.75, 3.05) is 10.8 Å². The first kappa shape index (κ1) is 33.8. The van der Waals surface area contributed by atoms with Crippen LogP contribution in [-0.2, 0) is 32.6 Å². The second-order valence-electron chi connectivity index (χ2n) is 11.3. The van der Waals surface area contributed by atoms with Crippen LogP contribution in [0.3, 0.4) is 0 Å². The molecular weight excluding hydrogens is 665 g/mol. The highest BCUT2D eigenvalue weighted by molar-refractivity contribution is 7.92. The van der Waals surface area contributed by atoms with Gasteiger partial charge in [-0.25, -0.2) is 8.42 Å². The molecule has 7 nitrogen and oxygen atoms in total. The van der Waals surface area contributed by atoms with Gasteiger partial charge in [-0.2, -0.15) is 0 Å². The van der Waals surface area contributed by atoms with Gasteiger partial charge in [0.2, 0.25) is 11.8 Å². The highest BCUT2D eigenvalue weighted by Crippen LogP contribution is 2.28. The monoisotopic (exact) mass is 697 g/mol. The quantitative estimate of drug-likeness (QED) is 0.166. The molecule has 1 fully saturated rings. The summed E-state index contributed by atoms with van der Waals surface area (Å²) in [5.41, 5.74) is 1.71. The fourth-order valence-electron chi connectivity index (χ4n) is 5.61. The van der Waals surface area contributed by atoms with Crippen LogP contribution in [0.25, 0.3) is 0 Å². The summed E-state index contributed by atoms with van der Waals surface area (Å²) in [4.78, 5) is 30.0. The van der Waals surface area contributed by atoms with E-state index in [0.717, 1.165) is 35.6 Å². The predicted molar refractivity (Wildman–Crippen MR) is 184 cm³/mol. The highest BCUT2D eigenvalue weighted by atomic mass is 35.5. The van der Waals surface area contributed by atoms with Crippen molar-refractivity contribution in [1.29, 1.82) is 0 Å². The number of sulfonamides is 1. The molecule has 0 bridgehead atoms. The van der Waals surface area contributed by atoms with E-state index < -0.39 is 28.5 Å². The number of nitrogens with zero attached hydrogens (tertiary/aromatic N) is 2. The standard InChI is InChI=1S/C35H34Cl3N3O4S/c36-27-17-19-31(20-18-27)46(44,45)41(30-13-5-2-6-14-30)24-34(42)40(23-26-15-16-28(37)22-32(26)38)33(21-25-9-3-1-4-10-25)35(43)39-29-11-7-8-12-29/h1-6,9-10,13-20,22,29,33H,7-8,11-12,21,23-24H2,(H,39,43)/t33-/m0/s1. The van der Waals surface area contributed by atoms with E-state index in [1.807, 2.05) is 30.3 Å². The molecule has 240 valence electrons. The van der Waals surface area contributed by atoms with Gasteiger partial charge in [0.15, 0.2) is 0 Å². The molecule has 0 heterocycles. The van der Waals surface area contributed by atoms with Gasteiger partial charge in [-0.05, 0) is 72.5 Å². The van der Waals surface area contributed by atoms with Crippen LogP contribution in [0.5, 0.6) is 0 Å². The van der Waals surface area contributed by atoms with Crippen LogP contribution in [0.2, 0.25) is 15.1 Å². The largest absolute Gasteiger partial charge is 0.352 e. The number of rotatable bonds is 12. The van der Waals surface area contributed by atoms with Gasteiger partial charge in [0.25, 0.3) is 10.0 Å². The molecule has 1 aliphatic carbocycles. The lowest BCUT2D eigenvalue weighted by Crippen LogP contribution is -2.54. The molecule has 5 rings (SSSR count). The third-order valence-electron chi connectivity index (χ3n) is 8.05. The Morgan fingerprint density at radius 1 is 0.804 bits per heavy atom.